The van der Waals surface area contributed by atoms with Crippen LogP contribution in [0.3, 0.4) is 0 Å². The minimum atomic E-state index is -0.708. The topological polar surface area (TPSA) is 58.6 Å². The van der Waals surface area contributed by atoms with Crippen LogP contribution in [0.5, 0.6) is 0 Å². The quantitative estimate of drug-likeness (QED) is 0.552. The van der Waals surface area contributed by atoms with Gasteiger partial charge in [-0.15, -0.1) is 0 Å². The summed E-state index contributed by atoms with van der Waals surface area (Å²) in [4.78, 5) is 13.8. The molecule has 1 amide bonds. The second kappa shape index (κ2) is 10.6. The number of thiocarbonyl (C=S) groups is 1. The van der Waals surface area contributed by atoms with Crippen molar-refractivity contribution in [1.82, 2.24) is 10.2 Å². The van der Waals surface area contributed by atoms with Crippen LogP contribution >= 0.6 is 24.0 Å². The largest absolute Gasteiger partial charge is 0.444 e. The van der Waals surface area contributed by atoms with Crippen molar-refractivity contribution in [2.24, 2.45) is 0 Å². The molecule has 1 unspecified atom stereocenters. The molecule has 1 saturated heterocycles. The summed E-state index contributed by atoms with van der Waals surface area (Å²) in [6, 6.07) is 0. The third-order valence-electron chi connectivity index (χ3n) is 3.50. The standard InChI is InChI=1S/C16H30N2O3S3/c1-16(2,3)21-15(19)18-10-7-13(8-11-18)23-14(22)17-9-5-6-12-24(4)20/h13H,5-12H2,1-4H3,(H,17,22). The van der Waals surface area contributed by atoms with E-state index in [1.807, 2.05) is 20.8 Å². The molecule has 5 nitrogen and oxygen atoms in total. The van der Waals surface area contributed by atoms with E-state index in [4.69, 9.17) is 17.0 Å². The minimum absolute atomic E-state index is 0.222. The Labute approximate surface area is 158 Å². The van der Waals surface area contributed by atoms with E-state index >= 15 is 0 Å². The van der Waals surface area contributed by atoms with Crippen molar-refractivity contribution < 1.29 is 13.7 Å². The summed E-state index contributed by atoms with van der Waals surface area (Å²) in [6.45, 7) is 7.93. The zero-order valence-electron chi connectivity index (χ0n) is 15.1. The van der Waals surface area contributed by atoms with Gasteiger partial charge in [0.15, 0.2) is 0 Å². The van der Waals surface area contributed by atoms with Gasteiger partial charge in [0, 0.05) is 47.7 Å². The van der Waals surface area contributed by atoms with E-state index in [1.54, 1.807) is 22.9 Å². The Kier molecular flexibility index (Phi) is 9.59. The number of piperidine rings is 1. The fourth-order valence-corrected chi connectivity index (χ4v) is 4.35. The first-order valence-electron chi connectivity index (χ1n) is 8.40. The van der Waals surface area contributed by atoms with Gasteiger partial charge in [0.1, 0.15) is 9.92 Å². The molecule has 1 heterocycles. The molecule has 1 aliphatic heterocycles. The highest BCUT2D eigenvalue weighted by Gasteiger charge is 2.27. The first-order chi connectivity index (χ1) is 11.2. The molecule has 0 aromatic heterocycles. The second-order valence-electron chi connectivity index (χ2n) is 6.98. The number of unbranched alkanes of at least 4 members (excludes halogenated alkanes) is 1. The van der Waals surface area contributed by atoms with Crippen LogP contribution in [0.1, 0.15) is 46.5 Å². The fraction of sp³-hybridized carbons (Fsp3) is 0.875. The van der Waals surface area contributed by atoms with Gasteiger partial charge in [0.25, 0.3) is 0 Å². The summed E-state index contributed by atoms with van der Waals surface area (Å²) in [5.41, 5.74) is -0.446. The van der Waals surface area contributed by atoms with Crippen molar-refractivity contribution in [3.05, 3.63) is 0 Å². The van der Waals surface area contributed by atoms with Gasteiger partial charge in [0.2, 0.25) is 0 Å². The highest BCUT2D eigenvalue weighted by Crippen LogP contribution is 2.25. The van der Waals surface area contributed by atoms with E-state index in [0.717, 1.165) is 55.4 Å². The van der Waals surface area contributed by atoms with Gasteiger partial charge in [0.05, 0.1) is 0 Å². The maximum atomic E-state index is 12.0. The van der Waals surface area contributed by atoms with Gasteiger partial charge in [-0.1, -0.05) is 24.0 Å². The number of hydrogen-bond donors (Lipinski definition) is 1. The monoisotopic (exact) mass is 394 g/mol. The van der Waals surface area contributed by atoms with Gasteiger partial charge in [-0.3, -0.25) is 4.21 Å². The Morgan fingerprint density at radius 2 is 1.96 bits per heavy atom. The number of ether oxygens (including phenoxy) is 1. The highest BCUT2D eigenvalue weighted by molar-refractivity contribution is 8.23. The van der Waals surface area contributed by atoms with E-state index in [-0.39, 0.29) is 6.09 Å². The molecule has 0 bridgehead atoms. The zero-order chi connectivity index (χ0) is 18.2. The summed E-state index contributed by atoms with van der Waals surface area (Å²) in [7, 11) is -0.708. The van der Waals surface area contributed by atoms with Crippen LogP contribution < -0.4 is 5.32 Å². The van der Waals surface area contributed by atoms with Gasteiger partial charge in [-0.05, 0) is 46.5 Å². The number of nitrogens with one attached hydrogen (secondary N) is 1. The number of carbonyl (C=O) groups excluding carboxylic acids is 1. The lowest BCUT2D eigenvalue weighted by molar-refractivity contribution is 0.0219. The highest BCUT2D eigenvalue weighted by atomic mass is 32.2. The Morgan fingerprint density at radius 3 is 2.50 bits per heavy atom. The van der Waals surface area contributed by atoms with Gasteiger partial charge in [-0.2, -0.15) is 0 Å². The van der Waals surface area contributed by atoms with E-state index < -0.39 is 16.4 Å². The summed E-state index contributed by atoms with van der Waals surface area (Å²) in [5.74, 6) is 0.755. The zero-order valence-corrected chi connectivity index (χ0v) is 17.6. The minimum Gasteiger partial charge on any atom is -0.444 e. The first-order valence-corrected chi connectivity index (χ1v) is 11.4. The Hall–Kier alpha value is -0.340. The molecule has 24 heavy (non-hydrogen) atoms. The van der Waals surface area contributed by atoms with Crippen LogP contribution in [-0.2, 0) is 15.5 Å². The lowest BCUT2D eigenvalue weighted by atomic mass is 10.1. The second-order valence-corrected chi connectivity index (χ2v) is 10.5. The van der Waals surface area contributed by atoms with Crippen molar-refractivity contribution in [2.45, 2.75) is 57.3 Å². The van der Waals surface area contributed by atoms with E-state index in [0.29, 0.717) is 5.25 Å². The number of likely N-dealkylation sites (tertiary alicyclic amines) is 1. The molecule has 0 aliphatic carbocycles. The number of nitrogens with zero attached hydrogens (tertiary/aromatic N) is 1. The van der Waals surface area contributed by atoms with Crippen molar-refractivity contribution in [1.29, 1.82) is 0 Å². The van der Waals surface area contributed by atoms with Crippen LogP contribution in [-0.4, -0.2) is 62.0 Å². The summed E-state index contributed by atoms with van der Waals surface area (Å²) in [5, 5.41) is 3.71. The Morgan fingerprint density at radius 1 is 1.33 bits per heavy atom. The van der Waals surface area contributed by atoms with Crippen LogP contribution in [0.2, 0.25) is 0 Å². The number of rotatable bonds is 6. The van der Waals surface area contributed by atoms with Crippen LogP contribution in [0.25, 0.3) is 0 Å². The third kappa shape index (κ3) is 9.84. The molecule has 1 aliphatic rings. The summed E-state index contributed by atoms with van der Waals surface area (Å²) in [6.07, 6.45) is 5.31. The SMILES string of the molecule is CS(=O)CCCCNC(=S)SC1CCN(C(=O)OC(C)(C)C)CC1. The molecule has 0 spiro atoms. The molecule has 1 N–H and O–H groups in total. The maximum Gasteiger partial charge on any atom is 0.410 e. The molecule has 0 aromatic carbocycles. The predicted molar refractivity (Wildman–Crippen MR) is 107 cm³/mol. The Balaban J connectivity index is 2.18. The van der Waals surface area contributed by atoms with Crippen molar-refractivity contribution in [3.63, 3.8) is 0 Å². The lowest BCUT2D eigenvalue weighted by Crippen LogP contribution is -2.42. The molecular formula is C16H30N2O3S3. The predicted octanol–water partition coefficient (Wildman–Crippen LogP) is 3.15. The number of thioether (sulfide) groups is 1. The Bertz CT molecular complexity index is 444. The van der Waals surface area contributed by atoms with Gasteiger partial charge >= 0.3 is 6.09 Å². The molecular weight excluding hydrogens is 364 g/mol. The first kappa shape index (κ1) is 21.7. The molecule has 1 rings (SSSR count). The van der Waals surface area contributed by atoms with E-state index in [1.165, 1.54) is 0 Å². The molecule has 140 valence electrons. The molecule has 1 atom stereocenters. The fourth-order valence-electron chi connectivity index (χ4n) is 2.30. The average molecular weight is 395 g/mol. The molecule has 0 radical (unpaired) electrons. The number of amides is 1. The molecule has 0 saturated carbocycles. The normalized spacial score (nSPS) is 17.4. The van der Waals surface area contributed by atoms with Gasteiger partial charge < -0.3 is 15.0 Å². The van der Waals surface area contributed by atoms with Crippen LogP contribution in [0.15, 0.2) is 0 Å². The van der Waals surface area contributed by atoms with Gasteiger partial charge in [-0.25, -0.2) is 4.79 Å². The smallest absolute Gasteiger partial charge is 0.410 e. The van der Waals surface area contributed by atoms with Crippen LogP contribution in [0.4, 0.5) is 4.79 Å². The average Bonchev–Trinajstić information content (AvgIpc) is 2.45. The number of hydrogen-bond acceptors (Lipinski definition) is 5. The lowest BCUT2D eigenvalue weighted by Gasteiger charge is -2.33. The van der Waals surface area contributed by atoms with Crippen molar-refractivity contribution in [2.75, 3.05) is 31.6 Å². The van der Waals surface area contributed by atoms with E-state index in [9.17, 15) is 9.00 Å². The summed E-state index contributed by atoms with van der Waals surface area (Å²) < 4.78 is 17.2. The van der Waals surface area contributed by atoms with E-state index in [2.05, 4.69) is 5.32 Å². The van der Waals surface area contributed by atoms with Crippen molar-refractivity contribution >= 4 is 45.2 Å². The molecule has 8 heteroatoms. The summed E-state index contributed by atoms with van der Waals surface area (Å²) >= 11 is 7.07. The molecule has 1 fully saturated rings. The maximum absolute atomic E-state index is 12.0. The van der Waals surface area contributed by atoms with Crippen molar-refractivity contribution in [3.8, 4) is 0 Å². The van der Waals surface area contributed by atoms with Crippen LogP contribution in [0, 0.1) is 0 Å². The third-order valence-corrected chi connectivity index (χ3v) is 5.96. The molecule has 0 aromatic rings. The number of carbonyl (C=O) groups is 1.